The first-order valence-electron chi connectivity index (χ1n) is 9.38. The second-order valence-electron chi connectivity index (χ2n) is 6.75. The van der Waals surface area contributed by atoms with Crippen LogP contribution in [0.4, 0.5) is 17.3 Å². The molecule has 0 aliphatic carbocycles. The number of hydrogen-bond donors (Lipinski definition) is 3. The van der Waals surface area contributed by atoms with Crippen LogP contribution < -0.4 is 16.0 Å². The summed E-state index contributed by atoms with van der Waals surface area (Å²) < 4.78 is 0. The summed E-state index contributed by atoms with van der Waals surface area (Å²) in [4.78, 5) is 27.4. The van der Waals surface area contributed by atoms with Gasteiger partial charge in [0.15, 0.2) is 0 Å². The molecule has 1 saturated heterocycles. The van der Waals surface area contributed by atoms with Gasteiger partial charge in [-0.3, -0.25) is 4.79 Å². The highest BCUT2D eigenvalue weighted by atomic mass is 16.1. The van der Waals surface area contributed by atoms with E-state index in [-0.39, 0.29) is 5.91 Å². The van der Waals surface area contributed by atoms with E-state index in [4.69, 9.17) is 6.42 Å². The summed E-state index contributed by atoms with van der Waals surface area (Å²) >= 11 is 0. The Morgan fingerprint density at radius 3 is 2.61 bits per heavy atom. The summed E-state index contributed by atoms with van der Waals surface area (Å²) in [6, 6.07) is 2.15. The summed E-state index contributed by atoms with van der Waals surface area (Å²) in [6.45, 7) is 4.51. The topological polar surface area (TPSA) is 95.1 Å². The molecule has 3 N–H and O–H groups in total. The molecule has 8 nitrogen and oxygen atoms in total. The second kappa shape index (κ2) is 9.15. The third kappa shape index (κ3) is 4.96. The van der Waals surface area contributed by atoms with E-state index >= 15 is 0 Å². The van der Waals surface area contributed by atoms with Crippen LogP contribution in [-0.2, 0) is 0 Å². The van der Waals surface area contributed by atoms with E-state index in [1.807, 2.05) is 13.0 Å². The number of carbonyl (C=O) groups excluding carboxylic acids is 1. The van der Waals surface area contributed by atoms with Crippen molar-refractivity contribution in [2.75, 3.05) is 37.3 Å². The lowest BCUT2D eigenvalue weighted by atomic mass is 10.0. The van der Waals surface area contributed by atoms with E-state index in [0.717, 1.165) is 31.6 Å². The first kappa shape index (κ1) is 19.6. The SMILES string of the molecule is C#Cc1cnc(Nc2cc(NC3CCN(C)CC3)c(C(=O)NCC)cn2)cn1. The van der Waals surface area contributed by atoms with E-state index < -0.39 is 0 Å². The first-order chi connectivity index (χ1) is 13.6. The average molecular weight is 379 g/mol. The maximum Gasteiger partial charge on any atom is 0.254 e. The van der Waals surface area contributed by atoms with E-state index in [2.05, 4.69) is 48.8 Å². The van der Waals surface area contributed by atoms with Crippen molar-refractivity contribution in [1.29, 1.82) is 0 Å². The molecule has 0 atom stereocenters. The maximum absolute atomic E-state index is 12.4. The van der Waals surface area contributed by atoms with Gasteiger partial charge < -0.3 is 20.9 Å². The molecular formula is C20H25N7O. The van der Waals surface area contributed by atoms with Crippen molar-refractivity contribution in [2.24, 2.45) is 0 Å². The molecule has 2 aromatic heterocycles. The Hall–Kier alpha value is -3.18. The van der Waals surface area contributed by atoms with Crippen molar-refractivity contribution in [2.45, 2.75) is 25.8 Å². The quantitative estimate of drug-likeness (QED) is 0.659. The molecule has 0 radical (unpaired) electrons. The fraction of sp³-hybridized carbons (Fsp3) is 0.400. The van der Waals surface area contributed by atoms with Crippen LogP contribution in [0.5, 0.6) is 0 Å². The molecule has 1 amide bonds. The monoisotopic (exact) mass is 379 g/mol. The molecule has 1 aliphatic heterocycles. The molecule has 28 heavy (non-hydrogen) atoms. The summed E-state index contributed by atoms with van der Waals surface area (Å²) in [6.07, 6.45) is 12.0. The van der Waals surface area contributed by atoms with Crippen LogP contribution in [-0.4, -0.2) is 58.5 Å². The summed E-state index contributed by atoms with van der Waals surface area (Å²) in [5.74, 6) is 3.39. The molecule has 3 heterocycles. The number of piperidine rings is 1. The highest BCUT2D eigenvalue weighted by Gasteiger charge is 2.20. The Morgan fingerprint density at radius 2 is 1.96 bits per heavy atom. The zero-order chi connectivity index (χ0) is 19.9. The van der Waals surface area contributed by atoms with Crippen LogP contribution in [0.3, 0.4) is 0 Å². The number of likely N-dealkylation sites (tertiary alicyclic amines) is 1. The lowest BCUT2D eigenvalue weighted by Crippen LogP contribution is -2.37. The van der Waals surface area contributed by atoms with Crippen LogP contribution in [0.15, 0.2) is 24.7 Å². The van der Waals surface area contributed by atoms with Gasteiger partial charge in [0.2, 0.25) is 0 Å². The molecular weight excluding hydrogens is 354 g/mol. The van der Waals surface area contributed by atoms with Crippen LogP contribution in [0.1, 0.15) is 35.8 Å². The molecule has 1 aliphatic rings. The standard InChI is InChI=1S/C20H25N7O/c1-4-14-11-23-19(13-22-14)26-18-10-17(16(12-24-18)20(28)21-5-2)25-15-6-8-27(3)9-7-15/h1,10-13,15H,5-9H2,2-3H3,(H,21,28)(H2,23,24,25,26). The maximum atomic E-state index is 12.4. The van der Waals surface area contributed by atoms with E-state index in [9.17, 15) is 4.79 Å². The number of nitrogens with one attached hydrogen (secondary N) is 3. The van der Waals surface area contributed by atoms with Gasteiger partial charge >= 0.3 is 0 Å². The van der Waals surface area contributed by atoms with Crippen molar-refractivity contribution in [3.63, 3.8) is 0 Å². The molecule has 1 fully saturated rings. The number of aromatic nitrogens is 3. The van der Waals surface area contributed by atoms with Gasteiger partial charge in [-0.2, -0.15) is 0 Å². The lowest BCUT2D eigenvalue weighted by Gasteiger charge is -2.30. The number of nitrogens with zero attached hydrogens (tertiary/aromatic N) is 4. The minimum atomic E-state index is -0.143. The van der Waals surface area contributed by atoms with Crippen molar-refractivity contribution in [3.05, 3.63) is 35.9 Å². The largest absolute Gasteiger partial charge is 0.381 e. The number of hydrogen-bond acceptors (Lipinski definition) is 7. The Morgan fingerprint density at radius 1 is 1.21 bits per heavy atom. The van der Waals surface area contributed by atoms with Gasteiger partial charge in [-0.15, -0.1) is 6.42 Å². The van der Waals surface area contributed by atoms with Crippen molar-refractivity contribution in [3.8, 4) is 12.3 Å². The third-order valence-electron chi connectivity index (χ3n) is 4.62. The van der Waals surface area contributed by atoms with Crippen molar-refractivity contribution >= 4 is 23.2 Å². The summed E-state index contributed by atoms with van der Waals surface area (Å²) in [5.41, 5.74) is 1.75. The number of pyridine rings is 1. The second-order valence-corrected chi connectivity index (χ2v) is 6.75. The Kier molecular flexibility index (Phi) is 6.40. The zero-order valence-corrected chi connectivity index (χ0v) is 16.2. The lowest BCUT2D eigenvalue weighted by molar-refractivity contribution is 0.0956. The molecule has 0 bridgehead atoms. The van der Waals surface area contributed by atoms with Gasteiger partial charge in [0, 0.05) is 24.8 Å². The Labute approximate surface area is 165 Å². The summed E-state index contributed by atoms with van der Waals surface area (Å²) in [7, 11) is 2.12. The fourth-order valence-electron chi connectivity index (χ4n) is 3.05. The predicted octanol–water partition coefficient (Wildman–Crippen LogP) is 1.85. The summed E-state index contributed by atoms with van der Waals surface area (Å²) in [5, 5.41) is 9.47. The van der Waals surface area contributed by atoms with Gasteiger partial charge in [0.05, 0.1) is 23.6 Å². The molecule has 0 spiro atoms. The van der Waals surface area contributed by atoms with Gasteiger partial charge in [0.1, 0.15) is 17.3 Å². The van der Waals surface area contributed by atoms with Crippen LogP contribution in [0, 0.1) is 12.3 Å². The Bertz CT molecular complexity index is 852. The Balaban J connectivity index is 1.81. The zero-order valence-electron chi connectivity index (χ0n) is 16.2. The first-order valence-corrected chi connectivity index (χ1v) is 9.38. The highest BCUT2D eigenvalue weighted by Crippen LogP contribution is 2.24. The van der Waals surface area contributed by atoms with Gasteiger partial charge in [-0.05, 0) is 45.8 Å². The predicted molar refractivity (Wildman–Crippen MR) is 110 cm³/mol. The highest BCUT2D eigenvalue weighted by molar-refractivity contribution is 5.99. The normalized spacial score (nSPS) is 14.9. The molecule has 3 rings (SSSR count). The molecule has 0 aromatic carbocycles. The number of rotatable bonds is 6. The number of carbonyl (C=O) groups is 1. The number of amides is 1. The third-order valence-corrected chi connectivity index (χ3v) is 4.62. The van der Waals surface area contributed by atoms with Crippen molar-refractivity contribution in [1.82, 2.24) is 25.2 Å². The minimum absolute atomic E-state index is 0.143. The van der Waals surface area contributed by atoms with Crippen molar-refractivity contribution < 1.29 is 4.79 Å². The van der Waals surface area contributed by atoms with Gasteiger partial charge in [-0.1, -0.05) is 0 Å². The van der Waals surface area contributed by atoms with E-state index in [1.165, 1.54) is 6.20 Å². The molecule has 146 valence electrons. The smallest absolute Gasteiger partial charge is 0.254 e. The molecule has 0 unspecified atom stereocenters. The number of terminal acetylenes is 1. The molecule has 8 heteroatoms. The van der Waals surface area contributed by atoms with Gasteiger partial charge in [0.25, 0.3) is 5.91 Å². The van der Waals surface area contributed by atoms with E-state index in [0.29, 0.717) is 35.5 Å². The van der Waals surface area contributed by atoms with Crippen LogP contribution in [0.25, 0.3) is 0 Å². The van der Waals surface area contributed by atoms with Gasteiger partial charge in [-0.25, -0.2) is 15.0 Å². The average Bonchev–Trinajstić information content (AvgIpc) is 2.71. The van der Waals surface area contributed by atoms with Crippen LogP contribution in [0.2, 0.25) is 0 Å². The van der Waals surface area contributed by atoms with Crippen LogP contribution >= 0.6 is 0 Å². The molecule has 0 saturated carbocycles. The molecule has 2 aromatic rings. The fourth-order valence-corrected chi connectivity index (χ4v) is 3.05. The minimum Gasteiger partial charge on any atom is -0.381 e. The number of anilines is 3. The van der Waals surface area contributed by atoms with E-state index in [1.54, 1.807) is 12.4 Å².